The number of pyridine rings is 2. The number of benzene rings is 2. The Morgan fingerprint density at radius 2 is 1.90 bits per heavy atom. The van der Waals surface area contributed by atoms with Gasteiger partial charge < -0.3 is 15.0 Å². The van der Waals surface area contributed by atoms with Crippen LogP contribution in [0.5, 0.6) is 5.75 Å². The Balaban J connectivity index is 1.68. The van der Waals surface area contributed by atoms with Crippen LogP contribution in [0.15, 0.2) is 71.8 Å². The average molecular weight is 434 g/mol. The van der Waals surface area contributed by atoms with Gasteiger partial charge in [0.25, 0.3) is 11.5 Å². The lowest BCUT2D eigenvalue weighted by atomic mass is 10.0. The van der Waals surface area contributed by atoms with Crippen molar-refractivity contribution in [2.24, 2.45) is 7.05 Å². The minimum Gasteiger partial charge on any atom is -0.507 e. The van der Waals surface area contributed by atoms with Crippen LogP contribution in [0, 0.1) is 0 Å². The smallest absolute Gasteiger partial charge is 0.258 e. The van der Waals surface area contributed by atoms with Crippen molar-refractivity contribution in [2.75, 3.05) is 0 Å². The summed E-state index contributed by atoms with van der Waals surface area (Å²) in [6.07, 6.45) is 3.61. The van der Waals surface area contributed by atoms with Crippen molar-refractivity contribution in [3.63, 3.8) is 0 Å². The van der Waals surface area contributed by atoms with E-state index >= 15 is 0 Å². The van der Waals surface area contributed by atoms with E-state index in [9.17, 15) is 14.7 Å². The maximum absolute atomic E-state index is 12.8. The van der Waals surface area contributed by atoms with Gasteiger partial charge in [0.1, 0.15) is 5.75 Å². The number of aromatic nitrogens is 2. The molecule has 0 bridgehead atoms. The third kappa shape index (κ3) is 4.29. The maximum Gasteiger partial charge on any atom is 0.258 e. The third-order valence-corrected chi connectivity index (χ3v) is 5.45. The summed E-state index contributed by atoms with van der Waals surface area (Å²) in [6, 6.07) is 15.7. The Morgan fingerprint density at radius 3 is 2.61 bits per heavy atom. The molecule has 7 heteroatoms. The number of halogens is 1. The van der Waals surface area contributed by atoms with Gasteiger partial charge >= 0.3 is 0 Å². The molecule has 6 nitrogen and oxygen atoms in total. The molecule has 0 fully saturated rings. The first-order valence-electron chi connectivity index (χ1n) is 9.70. The Hall–Kier alpha value is -3.64. The van der Waals surface area contributed by atoms with E-state index in [1.54, 1.807) is 55.8 Å². The van der Waals surface area contributed by atoms with Crippen LogP contribution in [0.4, 0.5) is 0 Å². The maximum atomic E-state index is 12.8. The highest BCUT2D eigenvalue weighted by Crippen LogP contribution is 2.29. The summed E-state index contributed by atoms with van der Waals surface area (Å²) in [4.78, 5) is 29.5. The summed E-state index contributed by atoms with van der Waals surface area (Å²) in [7, 11) is 1.65. The molecule has 0 aliphatic heterocycles. The van der Waals surface area contributed by atoms with Crippen molar-refractivity contribution in [1.29, 1.82) is 0 Å². The second kappa shape index (κ2) is 8.62. The Labute approximate surface area is 183 Å². The van der Waals surface area contributed by atoms with E-state index in [-0.39, 0.29) is 29.2 Å². The summed E-state index contributed by atoms with van der Waals surface area (Å²) in [5, 5.41) is 14.8. The fourth-order valence-corrected chi connectivity index (χ4v) is 3.61. The second-order valence-corrected chi connectivity index (χ2v) is 7.71. The number of fused-ring (bicyclic) bond motifs is 1. The molecular weight excluding hydrogens is 414 g/mol. The lowest BCUT2D eigenvalue weighted by Gasteiger charge is -2.13. The molecule has 2 N–H and O–H groups in total. The molecule has 1 amide bonds. The molecule has 2 aromatic heterocycles. The quantitative estimate of drug-likeness (QED) is 0.501. The molecule has 31 heavy (non-hydrogen) atoms. The number of rotatable bonds is 5. The number of aromatic hydroxyl groups is 1. The van der Waals surface area contributed by atoms with Gasteiger partial charge in [-0.25, -0.2) is 0 Å². The summed E-state index contributed by atoms with van der Waals surface area (Å²) >= 11 is 5.94. The normalized spacial score (nSPS) is 10.9. The van der Waals surface area contributed by atoms with Crippen LogP contribution < -0.4 is 10.9 Å². The van der Waals surface area contributed by atoms with Crippen molar-refractivity contribution in [1.82, 2.24) is 14.9 Å². The molecule has 2 aromatic carbocycles. The fourth-order valence-electron chi connectivity index (χ4n) is 3.49. The van der Waals surface area contributed by atoms with Gasteiger partial charge in [0.2, 0.25) is 0 Å². The van der Waals surface area contributed by atoms with Crippen LogP contribution in [0.3, 0.4) is 0 Å². The summed E-state index contributed by atoms with van der Waals surface area (Å²) in [5.74, 6) is -0.395. The topological polar surface area (TPSA) is 84.2 Å². The molecule has 156 valence electrons. The van der Waals surface area contributed by atoms with Gasteiger partial charge in [-0.2, -0.15) is 0 Å². The number of amides is 1. The van der Waals surface area contributed by atoms with Crippen LogP contribution in [0.2, 0.25) is 5.02 Å². The minimum atomic E-state index is -0.284. The van der Waals surface area contributed by atoms with Crippen molar-refractivity contribution in [3.8, 4) is 5.75 Å². The molecule has 0 unspecified atom stereocenters. The summed E-state index contributed by atoms with van der Waals surface area (Å²) in [5.41, 5.74) is 2.65. The van der Waals surface area contributed by atoms with Crippen LogP contribution in [-0.4, -0.2) is 20.6 Å². The Kier molecular flexibility index (Phi) is 5.73. The van der Waals surface area contributed by atoms with Gasteiger partial charge in [0.05, 0.1) is 11.1 Å². The van der Waals surface area contributed by atoms with Gasteiger partial charge in [0.15, 0.2) is 0 Å². The molecular formula is C24H20ClN3O3. The number of carbonyl (C=O) groups excluding carboxylic acids is 1. The minimum absolute atomic E-state index is 0.116. The molecule has 4 rings (SSSR count). The molecule has 0 spiro atoms. The molecule has 2 heterocycles. The largest absolute Gasteiger partial charge is 0.507 e. The number of aryl methyl sites for hydroxylation is 1. The number of carbonyl (C=O) groups is 1. The molecule has 0 saturated heterocycles. The zero-order chi connectivity index (χ0) is 22.0. The van der Waals surface area contributed by atoms with Crippen LogP contribution in [0.25, 0.3) is 10.9 Å². The van der Waals surface area contributed by atoms with Crippen molar-refractivity contribution in [2.45, 2.75) is 13.0 Å². The van der Waals surface area contributed by atoms with Gasteiger partial charge in [-0.3, -0.25) is 14.6 Å². The molecule has 0 saturated carbocycles. The van der Waals surface area contributed by atoms with Crippen molar-refractivity contribution in [3.05, 3.63) is 105 Å². The zero-order valence-corrected chi connectivity index (χ0v) is 17.6. The summed E-state index contributed by atoms with van der Waals surface area (Å²) < 4.78 is 1.48. The first kappa shape index (κ1) is 20.6. The first-order valence-corrected chi connectivity index (χ1v) is 10.1. The lowest BCUT2D eigenvalue weighted by molar-refractivity contribution is 0.0951. The SMILES string of the molecule is Cn1c(=O)c(Cc2ccc(Cl)cc2)c(O)c2cc(C(=O)NCc3cccnc3)ccc21. The first-order chi connectivity index (χ1) is 14.9. The highest BCUT2D eigenvalue weighted by molar-refractivity contribution is 6.30. The standard InChI is InChI=1S/C24H20ClN3O3/c1-28-21-9-6-17(23(30)27-14-16-3-2-10-26-13-16)12-19(21)22(29)20(24(28)31)11-15-4-7-18(25)8-5-15/h2-10,12-13,29H,11,14H2,1H3,(H,27,30). The Bertz CT molecular complexity index is 1320. The molecule has 4 aromatic rings. The van der Waals surface area contributed by atoms with E-state index in [2.05, 4.69) is 10.3 Å². The van der Waals surface area contributed by atoms with Gasteiger partial charge in [-0.1, -0.05) is 29.8 Å². The van der Waals surface area contributed by atoms with E-state index in [1.165, 1.54) is 4.57 Å². The van der Waals surface area contributed by atoms with E-state index in [0.717, 1.165) is 11.1 Å². The fraction of sp³-hybridized carbons (Fsp3) is 0.125. The second-order valence-electron chi connectivity index (χ2n) is 7.27. The van der Waals surface area contributed by atoms with Crippen molar-refractivity contribution >= 4 is 28.4 Å². The van der Waals surface area contributed by atoms with Gasteiger partial charge in [0, 0.05) is 48.4 Å². The number of hydrogen-bond donors (Lipinski definition) is 2. The van der Waals surface area contributed by atoms with Crippen LogP contribution in [-0.2, 0) is 20.0 Å². The molecule has 0 atom stereocenters. The van der Waals surface area contributed by atoms with E-state index in [1.807, 2.05) is 18.2 Å². The van der Waals surface area contributed by atoms with Gasteiger partial charge in [-0.15, -0.1) is 0 Å². The van der Waals surface area contributed by atoms with E-state index in [4.69, 9.17) is 11.6 Å². The van der Waals surface area contributed by atoms with Crippen molar-refractivity contribution < 1.29 is 9.90 Å². The number of nitrogens with zero attached hydrogens (tertiary/aromatic N) is 2. The van der Waals surface area contributed by atoms with E-state index in [0.29, 0.717) is 28.0 Å². The van der Waals surface area contributed by atoms with Crippen LogP contribution >= 0.6 is 11.6 Å². The molecule has 0 aliphatic carbocycles. The predicted molar refractivity (Wildman–Crippen MR) is 121 cm³/mol. The summed E-state index contributed by atoms with van der Waals surface area (Å²) in [6.45, 7) is 0.339. The molecule has 0 aliphatic rings. The van der Waals surface area contributed by atoms with Crippen LogP contribution in [0.1, 0.15) is 27.0 Å². The monoisotopic (exact) mass is 433 g/mol. The Morgan fingerprint density at radius 1 is 1.13 bits per heavy atom. The highest BCUT2D eigenvalue weighted by atomic mass is 35.5. The molecule has 0 radical (unpaired) electrons. The average Bonchev–Trinajstić information content (AvgIpc) is 2.80. The highest BCUT2D eigenvalue weighted by Gasteiger charge is 2.17. The van der Waals surface area contributed by atoms with E-state index < -0.39 is 0 Å². The van der Waals surface area contributed by atoms with Gasteiger partial charge in [-0.05, 0) is 47.5 Å². The predicted octanol–water partition coefficient (Wildman–Crippen LogP) is 3.81. The zero-order valence-electron chi connectivity index (χ0n) is 16.8. The lowest BCUT2D eigenvalue weighted by Crippen LogP contribution is -2.24. The number of nitrogens with one attached hydrogen (secondary N) is 1. The third-order valence-electron chi connectivity index (χ3n) is 5.19. The number of hydrogen-bond acceptors (Lipinski definition) is 4.